The molecular weight excluding hydrogens is 392 g/mol. The summed E-state index contributed by atoms with van der Waals surface area (Å²) in [5.74, 6) is -0.906. The molecule has 29 heavy (non-hydrogen) atoms. The van der Waals surface area contributed by atoms with Gasteiger partial charge in [-0.2, -0.15) is 5.26 Å². The van der Waals surface area contributed by atoms with Crippen molar-refractivity contribution in [3.05, 3.63) is 59.7 Å². The van der Waals surface area contributed by atoms with E-state index in [1.807, 2.05) is 6.07 Å². The number of hydrogen-bond acceptors (Lipinski definition) is 5. The Labute approximate surface area is 170 Å². The van der Waals surface area contributed by atoms with Crippen LogP contribution in [0.4, 0.5) is 5.69 Å². The summed E-state index contributed by atoms with van der Waals surface area (Å²) in [5.41, 5.74) is 1.63. The smallest absolute Gasteiger partial charge is 0.251 e. The first-order valence-corrected chi connectivity index (χ1v) is 10.4. The number of amides is 2. The minimum atomic E-state index is -3.63. The van der Waals surface area contributed by atoms with E-state index in [2.05, 4.69) is 15.4 Å². The highest BCUT2D eigenvalue weighted by Gasteiger charge is 2.16. The summed E-state index contributed by atoms with van der Waals surface area (Å²) in [4.78, 5) is 24.2. The van der Waals surface area contributed by atoms with Crippen LogP contribution in [0.3, 0.4) is 0 Å². The fourth-order valence-corrected chi connectivity index (χ4v) is 3.68. The molecule has 9 heteroatoms. The summed E-state index contributed by atoms with van der Waals surface area (Å²) < 4.78 is 26.6. The molecule has 0 aliphatic heterocycles. The van der Waals surface area contributed by atoms with Gasteiger partial charge in [-0.25, -0.2) is 13.1 Å². The number of nitriles is 1. The van der Waals surface area contributed by atoms with Crippen LogP contribution >= 0.6 is 0 Å². The maximum absolute atomic E-state index is 12.2. The highest BCUT2D eigenvalue weighted by molar-refractivity contribution is 7.89. The number of nitrogens with zero attached hydrogens (tertiary/aromatic N) is 1. The summed E-state index contributed by atoms with van der Waals surface area (Å²) in [7, 11) is -3.63. The molecule has 0 aromatic heterocycles. The Morgan fingerprint density at radius 1 is 1.03 bits per heavy atom. The maximum atomic E-state index is 12.2. The van der Waals surface area contributed by atoms with Gasteiger partial charge in [0.05, 0.1) is 23.9 Å². The van der Waals surface area contributed by atoms with Crippen molar-refractivity contribution in [2.24, 2.45) is 0 Å². The van der Waals surface area contributed by atoms with Crippen LogP contribution in [0, 0.1) is 11.3 Å². The van der Waals surface area contributed by atoms with E-state index in [1.165, 1.54) is 24.3 Å². The van der Waals surface area contributed by atoms with Crippen LogP contribution in [0.2, 0.25) is 0 Å². The fraction of sp³-hybridized carbons (Fsp3) is 0.250. The number of anilines is 1. The first-order valence-electron chi connectivity index (χ1n) is 8.87. The highest BCUT2D eigenvalue weighted by Crippen LogP contribution is 2.12. The van der Waals surface area contributed by atoms with Crippen molar-refractivity contribution in [1.82, 2.24) is 10.0 Å². The number of hydrogen-bond donors (Lipinski definition) is 3. The molecule has 0 unspecified atom stereocenters. The summed E-state index contributed by atoms with van der Waals surface area (Å²) in [6.45, 7) is 3.18. The molecule has 0 saturated heterocycles. The van der Waals surface area contributed by atoms with Gasteiger partial charge in [-0.05, 0) is 55.8 Å². The molecular formula is C20H22N4O4S. The molecule has 152 valence electrons. The van der Waals surface area contributed by atoms with Crippen LogP contribution in [0.1, 0.15) is 29.8 Å². The van der Waals surface area contributed by atoms with Crippen LogP contribution in [0.25, 0.3) is 0 Å². The highest BCUT2D eigenvalue weighted by atomic mass is 32.2. The number of sulfonamides is 1. The molecule has 2 aromatic rings. The van der Waals surface area contributed by atoms with Crippen molar-refractivity contribution in [2.45, 2.75) is 31.2 Å². The second kappa shape index (κ2) is 9.82. The molecule has 2 amide bonds. The van der Waals surface area contributed by atoms with Gasteiger partial charge < -0.3 is 10.6 Å². The van der Waals surface area contributed by atoms with Crippen molar-refractivity contribution >= 4 is 27.5 Å². The van der Waals surface area contributed by atoms with Gasteiger partial charge in [-0.1, -0.05) is 12.1 Å². The second-order valence-electron chi connectivity index (χ2n) is 6.56. The third-order valence-corrected chi connectivity index (χ3v) is 5.42. The Morgan fingerprint density at radius 2 is 1.66 bits per heavy atom. The molecule has 0 atom stereocenters. The number of carbonyl (C=O) groups excluding carboxylic acids is 2. The first-order chi connectivity index (χ1) is 13.7. The van der Waals surface area contributed by atoms with Gasteiger partial charge >= 0.3 is 0 Å². The van der Waals surface area contributed by atoms with E-state index in [9.17, 15) is 18.0 Å². The van der Waals surface area contributed by atoms with Crippen LogP contribution < -0.4 is 15.4 Å². The summed E-state index contributed by atoms with van der Waals surface area (Å²) in [6, 6.07) is 14.1. The molecule has 2 aromatic carbocycles. The van der Waals surface area contributed by atoms with Crippen molar-refractivity contribution < 1.29 is 18.0 Å². The predicted octanol–water partition coefficient (Wildman–Crippen LogP) is 1.81. The lowest BCUT2D eigenvalue weighted by atomic mass is 10.1. The second-order valence-corrected chi connectivity index (χ2v) is 8.28. The molecule has 0 radical (unpaired) electrons. The predicted molar refractivity (Wildman–Crippen MR) is 109 cm³/mol. The third-order valence-electron chi connectivity index (χ3n) is 3.75. The van der Waals surface area contributed by atoms with Gasteiger partial charge in [-0.3, -0.25) is 9.59 Å². The Balaban J connectivity index is 1.90. The molecule has 0 fully saturated rings. The molecule has 0 aliphatic rings. The van der Waals surface area contributed by atoms with Crippen LogP contribution in [-0.2, 0) is 21.2 Å². The molecule has 0 saturated carbocycles. The zero-order valence-corrected chi connectivity index (χ0v) is 16.9. The van der Waals surface area contributed by atoms with Gasteiger partial charge in [0.15, 0.2) is 0 Å². The van der Waals surface area contributed by atoms with Crippen molar-refractivity contribution in [2.75, 3.05) is 11.9 Å². The minimum Gasteiger partial charge on any atom is -0.343 e. The molecule has 2 rings (SSSR count). The topological polar surface area (TPSA) is 128 Å². The van der Waals surface area contributed by atoms with Gasteiger partial charge in [0, 0.05) is 17.3 Å². The monoisotopic (exact) mass is 414 g/mol. The number of carbonyl (C=O) groups is 2. The van der Waals surface area contributed by atoms with Gasteiger partial charge in [0.25, 0.3) is 5.91 Å². The zero-order valence-electron chi connectivity index (χ0n) is 16.1. The Morgan fingerprint density at radius 3 is 2.21 bits per heavy atom. The maximum Gasteiger partial charge on any atom is 0.251 e. The standard InChI is InChI=1S/C20H22N4O4S/c1-14(2)24-29(27,28)18-9-5-16(6-10-18)20(26)22-13-19(25)23-17-7-3-15(4-8-17)11-12-21/h3-10,14,24H,11,13H2,1-2H3,(H,22,26)(H,23,25). The molecule has 8 nitrogen and oxygen atoms in total. The van der Waals surface area contributed by atoms with Crippen molar-refractivity contribution in [1.29, 1.82) is 5.26 Å². The molecule has 3 N–H and O–H groups in total. The molecule has 0 heterocycles. The first kappa shape index (κ1) is 22.1. The molecule has 0 spiro atoms. The number of rotatable bonds is 8. The normalized spacial score (nSPS) is 11.0. The van der Waals surface area contributed by atoms with E-state index < -0.39 is 21.8 Å². The van der Waals surface area contributed by atoms with Gasteiger partial charge in [0.2, 0.25) is 15.9 Å². The van der Waals surface area contributed by atoms with E-state index in [0.29, 0.717) is 5.69 Å². The third kappa shape index (κ3) is 6.71. The summed E-state index contributed by atoms with van der Waals surface area (Å²) in [6.07, 6.45) is 0.290. The Hall–Kier alpha value is -3.22. The molecule has 0 aliphatic carbocycles. The lowest BCUT2D eigenvalue weighted by molar-refractivity contribution is -0.115. The largest absolute Gasteiger partial charge is 0.343 e. The Kier molecular flexibility index (Phi) is 7.47. The number of nitrogens with one attached hydrogen (secondary N) is 3. The van der Waals surface area contributed by atoms with E-state index >= 15 is 0 Å². The summed E-state index contributed by atoms with van der Waals surface area (Å²) in [5, 5.41) is 13.8. The number of benzene rings is 2. The Bertz CT molecular complexity index is 1010. The molecule has 0 bridgehead atoms. The van der Waals surface area contributed by atoms with Crippen LogP contribution in [0.15, 0.2) is 53.4 Å². The lowest BCUT2D eigenvalue weighted by Crippen LogP contribution is -2.33. The van der Waals surface area contributed by atoms with Gasteiger partial charge in [0.1, 0.15) is 0 Å². The van der Waals surface area contributed by atoms with E-state index in [-0.39, 0.29) is 29.5 Å². The quantitative estimate of drug-likeness (QED) is 0.607. The zero-order chi connectivity index (χ0) is 21.4. The summed E-state index contributed by atoms with van der Waals surface area (Å²) >= 11 is 0. The average molecular weight is 414 g/mol. The fourth-order valence-electron chi connectivity index (χ4n) is 2.43. The van der Waals surface area contributed by atoms with Crippen molar-refractivity contribution in [3.63, 3.8) is 0 Å². The van der Waals surface area contributed by atoms with Crippen LogP contribution in [-0.4, -0.2) is 32.8 Å². The average Bonchev–Trinajstić information content (AvgIpc) is 2.67. The van der Waals surface area contributed by atoms with E-state index in [1.54, 1.807) is 38.1 Å². The van der Waals surface area contributed by atoms with E-state index in [0.717, 1.165) is 5.56 Å². The SMILES string of the molecule is CC(C)NS(=O)(=O)c1ccc(C(=O)NCC(=O)Nc2ccc(CC#N)cc2)cc1. The van der Waals surface area contributed by atoms with Crippen LogP contribution in [0.5, 0.6) is 0 Å². The lowest BCUT2D eigenvalue weighted by Gasteiger charge is -2.10. The van der Waals surface area contributed by atoms with Gasteiger partial charge in [-0.15, -0.1) is 0 Å². The van der Waals surface area contributed by atoms with E-state index in [4.69, 9.17) is 5.26 Å². The van der Waals surface area contributed by atoms with Crippen molar-refractivity contribution in [3.8, 4) is 6.07 Å². The minimum absolute atomic E-state index is 0.0559.